The lowest BCUT2D eigenvalue weighted by Gasteiger charge is -2.50. The van der Waals surface area contributed by atoms with Crippen molar-refractivity contribution in [2.75, 3.05) is 20.6 Å². The van der Waals surface area contributed by atoms with Gasteiger partial charge in [-0.1, -0.05) is 12.5 Å². The molecule has 0 radical (unpaired) electrons. The van der Waals surface area contributed by atoms with Gasteiger partial charge in [0.1, 0.15) is 6.10 Å². The van der Waals surface area contributed by atoms with Crippen molar-refractivity contribution >= 4 is 17.3 Å². The van der Waals surface area contributed by atoms with Gasteiger partial charge in [-0.25, -0.2) is 0 Å². The highest BCUT2D eigenvalue weighted by atomic mass is 32.1. The minimum atomic E-state index is -0.564. The second kappa shape index (κ2) is 9.83. The summed E-state index contributed by atoms with van der Waals surface area (Å²) in [5.41, 5.74) is -0.489. The summed E-state index contributed by atoms with van der Waals surface area (Å²) < 4.78 is 5.41. The van der Waals surface area contributed by atoms with Crippen LogP contribution in [-0.2, 0) is 16.0 Å². The van der Waals surface area contributed by atoms with Gasteiger partial charge in [-0.3, -0.25) is 14.9 Å². The Labute approximate surface area is 172 Å². The number of nitro groups is 1. The van der Waals surface area contributed by atoms with Gasteiger partial charge in [-0.15, -0.1) is 11.3 Å². The minimum absolute atomic E-state index is 0.0749. The predicted octanol–water partition coefficient (Wildman–Crippen LogP) is 4.55. The molecule has 1 unspecified atom stereocenters. The Morgan fingerprint density at radius 3 is 2.50 bits per heavy atom. The number of carbonyl (C=O) groups excluding carboxylic acids is 1. The van der Waals surface area contributed by atoms with Crippen LogP contribution in [0.3, 0.4) is 0 Å². The van der Waals surface area contributed by atoms with E-state index in [9.17, 15) is 14.9 Å². The van der Waals surface area contributed by atoms with Crippen LogP contribution >= 0.6 is 11.3 Å². The monoisotopic (exact) mass is 410 g/mol. The zero-order valence-electron chi connectivity index (χ0n) is 17.6. The van der Waals surface area contributed by atoms with Crippen LogP contribution in [0.5, 0.6) is 0 Å². The fraction of sp³-hybridized carbons (Fsp3) is 0.762. The summed E-state index contributed by atoms with van der Waals surface area (Å²) in [6.07, 6.45) is 7.33. The number of thiophene rings is 1. The standard InChI is InChI=1S/C21H34N2O4S/c1-17(27-18(2)24)20(16-23(25)26)11-13-21(14-12-20,22(3)4)10-6-5-8-19-9-7-15-28-19/h7,9,15,17H,5-6,8,10-14,16H2,1-4H3. The summed E-state index contributed by atoms with van der Waals surface area (Å²) in [6, 6.07) is 4.29. The number of esters is 1. The van der Waals surface area contributed by atoms with E-state index in [0.29, 0.717) is 12.8 Å². The van der Waals surface area contributed by atoms with Crippen LogP contribution in [0.2, 0.25) is 0 Å². The topological polar surface area (TPSA) is 72.7 Å². The highest BCUT2D eigenvalue weighted by molar-refractivity contribution is 7.09. The first-order valence-electron chi connectivity index (χ1n) is 10.2. The van der Waals surface area contributed by atoms with E-state index < -0.39 is 11.5 Å². The lowest BCUT2D eigenvalue weighted by Crippen LogP contribution is -2.53. The van der Waals surface area contributed by atoms with E-state index in [1.54, 1.807) is 0 Å². The summed E-state index contributed by atoms with van der Waals surface area (Å²) >= 11 is 1.81. The summed E-state index contributed by atoms with van der Waals surface area (Å²) in [6.45, 7) is 3.05. The maximum absolute atomic E-state index is 11.4. The minimum Gasteiger partial charge on any atom is -0.462 e. The molecule has 1 heterocycles. The zero-order chi connectivity index (χ0) is 20.8. The highest BCUT2D eigenvalue weighted by Gasteiger charge is 2.50. The Kier molecular flexibility index (Phi) is 8.01. The van der Waals surface area contributed by atoms with Crippen molar-refractivity contribution in [3.63, 3.8) is 0 Å². The third-order valence-electron chi connectivity index (χ3n) is 6.67. The van der Waals surface area contributed by atoms with Crippen LogP contribution in [-0.4, -0.2) is 48.1 Å². The molecule has 1 atom stereocenters. The lowest BCUT2D eigenvalue weighted by molar-refractivity contribution is -0.502. The Morgan fingerprint density at radius 2 is 2.00 bits per heavy atom. The Balaban J connectivity index is 2.00. The maximum atomic E-state index is 11.4. The van der Waals surface area contributed by atoms with Crippen molar-refractivity contribution in [2.45, 2.75) is 76.9 Å². The second-order valence-corrected chi connectivity index (χ2v) is 9.54. The number of hydrogen-bond donors (Lipinski definition) is 0. The normalized spacial score (nSPS) is 26.2. The van der Waals surface area contributed by atoms with E-state index >= 15 is 0 Å². The lowest BCUT2D eigenvalue weighted by atomic mass is 9.63. The quantitative estimate of drug-likeness (QED) is 0.245. The fourth-order valence-corrected chi connectivity index (χ4v) is 5.42. The van der Waals surface area contributed by atoms with Gasteiger partial charge in [-0.2, -0.15) is 0 Å². The SMILES string of the molecule is CC(=O)OC(C)C1(C[N+](=O)[O-])CCC(CCCCc2cccs2)(N(C)C)CC1. The maximum Gasteiger partial charge on any atom is 0.302 e. The number of unbranched alkanes of at least 4 members (excludes halogenated alkanes) is 1. The number of rotatable bonds is 10. The van der Waals surface area contributed by atoms with Gasteiger partial charge < -0.3 is 9.64 Å². The summed E-state index contributed by atoms with van der Waals surface area (Å²) in [5.74, 6) is -0.367. The molecule has 0 spiro atoms. The Bertz CT molecular complexity index is 637. The largest absolute Gasteiger partial charge is 0.462 e. The molecule has 0 saturated heterocycles. The van der Waals surface area contributed by atoms with Gasteiger partial charge in [-0.05, 0) is 77.4 Å². The van der Waals surface area contributed by atoms with Crippen LogP contribution in [0.25, 0.3) is 0 Å². The first-order chi connectivity index (χ1) is 13.2. The molecular weight excluding hydrogens is 376 g/mol. The van der Waals surface area contributed by atoms with Crippen molar-refractivity contribution in [2.24, 2.45) is 5.41 Å². The summed E-state index contributed by atoms with van der Waals surface area (Å²) in [4.78, 5) is 26.3. The van der Waals surface area contributed by atoms with Gasteiger partial charge in [0.2, 0.25) is 6.54 Å². The van der Waals surface area contributed by atoms with Gasteiger partial charge in [0.25, 0.3) is 0 Å². The number of nitrogens with zero attached hydrogens (tertiary/aromatic N) is 2. The molecule has 1 aromatic heterocycles. The highest BCUT2D eigenvalue weighted by Crippen LogP contribution is 2.48. The molecule has 1 aromatic rings. The molecule has 1 fully saturated rings. The molecule has 1 saturated carbocycles. The van der Waals surface area contributed by atoms with Crippen molar-refractivity contribution in [1.82, 2.24) is 4.90 Å². The van der Waals surface area contributed by atoms with Crippen LogP contribution in [0, 0.1) is 15.5 Å². The van der Waals surface area contributed by atoms with E-state index in [1.807, 2.05) is 18.3 Å². The van der Waals surface area contributed by atoms with Crippen molar-refractivity contribution in [3.8, 4) is 0 Å². The second-order valence-electron chi connectivity index (χ2n) is 8.51. The average molecular weight is 411 g/mol. The van der Waals surface area contributed by atoms with Crippen molar-refractivity contribution in [1.29, 1.82) is 0 Å². The molecule has 158 valence electrons. The molecule has 0 amide bonds. The number of ether oxygens (including phenoxy) is 1. The van der Waals surface area contributed by atoms with Crippen LogP contribution in [0.15, 0.2) is 17.5 Å². The molecule has 6 nitrogen and oxygen atoms in total. The third-order valence-corrected chi connectivity index (χ3v) is 7.61. The van der Waals surface area contributed by atoms with Crippen molar-refractivity contribution in [3.05, 3.63) is 32.5 Å². The van der Waals surface area contributed by atoms with Crippen LogP contribution in [0.1, 0.15) is 63.7 Å². The predicted molar refractivity (Wildman–Crippen MR) is 112 cm³/mol. The van der Waals surface area contributed by atoms with E-state index in [1.165, 1.54) is 18.2 Å². The number of carbonyl (C=O) groups is 1. The first kappa shape index (κ1) is 22.8. The van der Waals surface area contributed by atoms with Gasteiger partial charge in [0.15, 0.2) is 0 Å². The molecule has 0 bridgehead atoms. The van der Waals surface area contributed by atoms with Gasteiger partial charge in [0.05, 0.1) is 5.41 Å². The molecule has 1 aliphatic rings. The Morgan fingerprint density at radius 1 is 1.32 bits per heavy atom. The molecule has 0 N–H and O–H groups in total. The average Bonchev–Trinajstić information content (AvgIpc) is 3.12. The van der Waals surface area contributed by atoms with Gasteiger partial charge >= 0.3 is 5.97 Å². The molecule has 0 aromatic carbocycles. The van der Waals surface area contributed by atoms with Crippen LogP contribution in [0.4, 0.5) is 0 Å². The third kappa shape index (κ3) is 5.77. The van der Waals surface area contributed by atoms with Gasteiger partial charge in [0, 0.05) is 22.3 Å². The molecule has 0 aliphatic heterocycles. The summed E-state index contributed by atoms with van der Waals surface area (Å²) in [7, 11) is 4.24. The molecule has 7 heteroatoms. The molecule has 2 rings (SSSR count). The van der Waals surface area contributed by atoms with E-state index in [2.05, 4.69) is 36.5 Å². The van der Waals surface area contributed by atoms with Crippen LogP contribution < -0.4 is 0 Å². The number of aryl methyl sites for hydroxylation is 1. The molecule has 28 heavy (non-hydrogen) atoms. The van der Waals surface area contributed by atoms with Crippen molar-refractivity contribution < 1.29 is 14.5 Å². The first-order valence-corrected chi connectivity index (χ1v) is 11.1. The smallest absolute Gasteiger partial charge is 0.302 e. The van der Waals surface area contributed by atoms with E-state index in [-0.39, 0.29) is 23.0 Å². The van der Waals surface area contributed by atoms with E-state index in [0.717, 1.165) is 32.1 Å². The number of hydrogen-bond acceptors (Lipinski definition) is 6. The van der Waals surface area contributed by atoms with E-state index in [4.69, 9.17) is 4.74 Å². The molecule has 1 aliphatic carbocycles. The Hall–Kier alpha value is -1.47. The summed E-state index contributed by atoms with van der Waals surface area (Å²) in [5, 5.41) is 13.5. The molecular formula is C21H34N2O4S. The fourth-order valence-electron chi connectivity index (χ4n) is 4.67. The zero-order valence-corrected chi connectivity index (χ0v) is 18.4.